The number of amides is 3. The lowest BCUT2D eigenvalue weighted by atomic mass is 9.98. The van der Waals surface area contributed by atoms with Gasteiger partial charge in [0.1, 0.15) is 5.75 Å². The van der Waals surface area contributed by atoms with Gasteiger partial charge in [0, 0.05) is 41.4 Å². The van der Waals surface area contributed by atoms with Crippen molar-refractivity contribution in [3.63, 3.8) is 0 Å². The van der Waals surface area contributed by atoms with Gasteiger partial charge < -0.3 is 10.1 Å². The monoisotopic (exact) mass is 570 g/mol. The third kappa shape index (κ3) is 5.55. The number of aromatic nitrogens is 2. The van der Waals surface area contributed by atoms with Gasteiger partial charge in [-0.15, -0.1) is 0 Å². The Hall–Kier alpha value is -5.50. The Morgan fingerprint density at radius 3 is 2.23 bits per heavy atom. The largest absolute Gasteiger partial charge is 0.497 e. The van der Waals surface area contributed by atoms with Crippen molar-refractivity contribution in [2.75, 3.05) is 19.0 Å². The Bertz CT molecular complexity index is 1810. The van der Waals surface area contributed by atoms with Crippen molar-refractivity contribution < 1.29 is 19.1 Å². The third-order valence-corrected chi connectivity index (χ3v) is 7.61. The number of fused-ring (bicyclic) bond motifs is 1. The molecular formula is C35H30N4O4. The van der Waals surface area contributed by atoms with E-state index in [1.807, 2.05) is 78.3 Å². The Morgan fingerprint density at radius 1 is 0.814 bits per heavy atom. The maximum Gasteiger partial charge on any atom is 0.261 e. The molecule has 0 radical (unpaired) electrons. The summed E-state index contributed by atoms with van der Waals surface area (Å²) in [6.07, 6.45) is 0.545. The van der Waals surface area contributed by atoms with Crippen molar-refractivity contribution in [3.8, 4) is 17.0 Å². The van der Waals surface area contributed by atoms with Gasteiger partial charge >= 0.3 is 0 Å². The van der Waals surface area contributed by atoms with Crippen molar-refractivity contribution in [2.24, 2.45) is 0 Å². The zero-order valence-electron chi connectivity index (χ0n) is 23.9. The summed E-state index contributed by atoms with van der Waals surface area (Å²) in [7, 11) is 1.59. The predicted octanol–water partition coefficient (Wildman–Crippen LogP) is 6.01. The number of anilines is 1. The Labute approximate surface area is 249 Å². The third-order valence-electron chi connectivity index (χ3n) is 7.61. The minimum atomic E-state index is -0.282. The maximum absolute atomic E-state index is 13.1. The molecule has 0 unspecified atom stereocenters. The van der Waals surface area contributed by atoms with Crippen LogP contribution in [-0.2, 0) is 13.0 Å². The smallest absolute Gasteiger partial charge is 0.261 e. The number of ether oxygens (including phenoxy) is 1. The van der Waals surface area contributed by atoms with E-state index in [0.717, 1.165) is 28.1 Å². The summed E-state index contributed by atoms with van der Waals surface area (Å²) in [6.45, 7) is 2.51. The van der Waals surface area contributed by atoms with E-state index < -0.39 is 0 Å². The molecule has 5 aromatic rings. The summed E-state index contributed by atoms with van der Waals surface area (Å²) < 4.78 is 7.14. The molecule has 1 N–H and O–H groups in total. The van der Waals surface area contributed by atoms with Crippen molar-refractivity contribution in [1.29, 1.82) is 0 Å². The second kappa shape index (κ2) is 11.8. The summed E-state index contributed by atoms with van der Waals surface area (Å²) in [6, 6.07) is 31.6. The molecule has 0 bridgehead atoms. The van der Waals surface area contributed by atoms with E-state index in [1.165, 1.54) is 4.90 Å². The number of methoxy groups -OCH3 is 1. The minimum Gasteiger partial charge on any atom is -0.497 e. The Kier molecular flexibility index (Phi) is 7.57. The van der Waals surface area contributed by atoms with E-state index in [9.17, 15) is 14.4 Å². The molecule has 3 amide bonds. The fourth-order valence-corrected chi connectivity index (χ4v) is 5.48. The average molecular weight is 571 g/mol. The quantitative estimate of drug-likeness (QED) is 0.219. The zero-order chi connectivity index (χ0) is 29.9. The number of hydrogen-bond donors (Lipinski definition) is 1. The van der Waals surface area contributed by atoms with Crippen LogP contribution in [0, 0.1) is 6.92 Å². The number of benzene rings is 4. The highest BCUT2D eigenvalue weighted by Gasteiger charge is 2.35. The molecule has 0 fully saturated rings. The second-order valence-corrected chi connectivity index (χ2v) is 10.4. The standard InChI is InChI=1S/C35H30N4O4/c1-23-31(21-24-10-8-13-26(20-24)33(40)36-27-14-9-15-28(22-27)43-2)32(25-11-4-3-5-12-25)39(37-23)19-18-38-34(41)29-16-6-7-17-30(29)35(38)42/h3-17,20,22H,18-19,21H2,1-2H3,(H,36,40). The first-order chi connectivity index (χ1) is 20.9. The molecule has 43 heavy (non-hydrogen) atoms. The molecule has 4 aromatic carbocycles. The van der Waals surface area contributed by atoms with E-state index in [4.69, 9.17) is 9.84 Å². The van der Waals surface area contributed by atoms with Gasteiger partial charge in [0.15, 0.2) is 0 Å². The lowest BCUT2D eigenvalue weighted by Crippen LogP contribution is -2.33. The Morgan fingerprint density at radius 2 is 1.51 bits per heavy atom. The number of hydrogen-bond acceptors (Lipinski definition) is 5. The SMILES string of the molecule is COc1cccc(NC(=O)c2cccc(Cc3c(C)nn(CCN4C(=O)c5ccccc5C4=O)c3-c3ccccc3)c2)c1. The molecule has 1 aromatic heterocycles. The Balaban J connectivity index is 1.26. The summed E-state index contributed by atoms with van der Waals surface area (Å²) in [5.74, 6) is -0.118. The van der Waals surface area contributed by atoms with Gasteiger partial charge in [0.2, 0.25) is 0 Å². The van der Waals surface area contributed by atoms with Crippen LogP contribution in [0.25, 0.3) is 11.3 Å². The molecule has 0 saturated carbocycles. The van der Waals surface area contributed by atoms with Crippen LogP contribution in [0.5, 0.6) is 5.75 Å². The lowest BCUT2D eigenvalue weighted by Gasteiger charge is -2.16. The van der Waals surface area contributed by atoms with Crippen LogP contribution in [0.3, 0.4) is 0 Å². The predicted molar refractivity (Wildman–Crippen MR) is 164 cm³/mol. The highest BCUT2D eigenvalue weighted by atomic mass is 16.5. The zero-order valence-corrected chi connectivity index (χ0v) is 23.9. The first-order valence-electron chi connectivity index (χ1n) is 14.0. The molecule has 2 heterocycles. The number of aryl methyl sites for hydroxylation is 1. The minimum absolute atomic E-state index is 0.201. The van der Waals surface area contributed by atoms with Crippen LogP contribution >= 0.6 is 0 Å². The van der Waals surface area contributed by atoms with Crippen LogP contribution in [0.1, 0.15) is 47.9 Å². The van der Waals surface area contributed by atoms with E-state index >= 15 is 0 Å². The van der Waals surface area contributed by atoms with E-state index in [1.54, 1.807) is 43.5 Å². The number of nitrogens with one attached hydrogen (secondary N) is 1. The molecule has 8 nitrogen and oxygen atoms in total. The van der Waals surface area contributed by atoms with Crippen molar-refractivity contribution in [1.82, 2.24) is 14.7 Å². The van der Waals surface area contributed by atoms with Crippen molar-refractivity contribution in [3.05, 3.63) is 137 Å². The van der Waals surface area contributed by atoms with Gasteiger partial charge in [-0.3, -0.25) is 24.0 Å². The molecule has 6 rings (SSSR count). The van der Waals surface area contributed by atoms with Crippen molar-refractivity contribution >= 4 is 23.4 Å². The number of carbonyl (C=O) groups excluding carboxylic acids is 3. The normalized spacial score (nSPS) is 12.4. The van der Waals surface area contributed by atoms with E-state index in [-0.39, 0.29) is 24.3 Å². The highest BCUT2D eigenvalue weighted by molar-refractivity contribution is 6.21. The van der Waals surface area contributed by atoms with E-state index in [0.29, 0.717) is 41.1 Å². The summed E-state index contributed by atoms with van der Waals surface area (Å²) >= 11 is 0. The molecule has 0 spiro atoms. The highest BCUT2D eigenvalue weighted by Crippen LogP contribution is 2.30. The maximum atomic E-state index is 13.1. The van der Waals surface area contributed by atoms with Gasteiger partial charge in [0.25, 0.3) is 17.7 Å². The van der Waals surface area contributed by atoms with Gasteiger partial charge in [0.05, 0.1) is 36.2 Å². The molecule has 1 aliphatic rings. The first-order valence-corrected chi connectivity index (χ1v) is 14.0. The first kappa shape index (κ1) is 27.7. The topological polar surface area (TPSA) is 93.5 Å². The number of rotatable bonds is 9. The molecular weight excluding hydrogens is 540 g/mol. The number of nitrogens with zero attached hydrogens (tertiary/aromatic N) is 3. The molecule has 0 atom stereocenters. The van der Waals surface area contributed by atoms with Crippen molar-refractivity contribution in [2.45, 2.75) is 19.9 Å². The summed E-state index contributed by atoms with van der Waals surface area (Å²) in [5, 5.41) is 7.79. The number of carbonyl (C=O) groups is 3. The fraction of sp³-hybridized carbons (Fsp3) is 0.143. The van der Waals surface area contributed by atoms with E-state index in [2.05, 4.69) is 5.32 Å². The second-order valence-electron chi connectivity index (χ2n) is 10.4. The lowest BCUT2D eigenvalue weighted by molar-refractivity contribution is 0.0647. The average Bonchev–Trinajstić information content (AvgIpc) is 3.48. The van der Waals surface area contributed by atoms with Crippen LogP contribution in [0.2, 0.25) is 0 Å². The van der Waals surface area contributed by atoms with Gasteiger partial charge in [-0.2, -0.15) is 5.10 Å². The molecule has 1 aliphatic heterocycles. The number of imide groups is 1. The van der Waals surface area contributed by atoms with Crippen LogP contribution in [-0.4, -0.2) is 46.1 Å². The molecule has 0 saturated heterocycles. The van der Waals surface area contributed by atoms with Crippen LogP contribution < -0.4 is 10.1 Å². The fourth-order valence-electron chi connectivity index (χ4n) is 5.48. The van der Waals surface area contributed by atoms with Crippen LogP contribution in [0.15, 0.2) is 103 Å². The summed E-state index contributed by atoms with van der Waals surface area (Å²) in [4.78, 5) is 40.3. The molecule has 214 valence electrons. The molecule has 8 heteroatoms. The van der Waals surface area contributed by atoms with Crippen LogP contribution in [0.4, 0.5) is 5.69 Å². The van der Waals surface area contributed by atoms with Gasteiger partial charge in [-0.05, 0) is 48.9 Å². The summed E-state index contributed by atoms with van der Waals surface area (Å²) in [5.41, 5.74) is 6.76. The van der Waals surface area contributed by atoms with Gasteiger partial charge in [-0.25, -0.2) is 0 Å². The molecule has 0 aliphatic carbocycles. The van der Waals surface area contributed by atoms with Gasteiger partial charge in [-0.1, -0.05) is 60.7 Å².